The molecule has 3 aromatic heterocycles. The van der Waals surface area contributed by atoms with Crippen LogP contribution < -0.4 is 5.73 Å². The number of piperidine rings is 1. The van der Waals surface area contributed by atoms with Gasteiger partial charge in [-0.3, -0.25) is 18.8 Å². The number of fused-ring (bicyclic) bond motifs is 1. The molecule has 2 amide bonds. The summed E-state index contributed by atoms with van der Waals surface area (Å²) in [7, 11) is 0. The number of imidazole rings is 1. The Morgan fingerprint density at radius 1 is 1.34 bits per heavy atom. The predicted molar refractivity (Wildman–Crippen MR) is 100 cm³/mol. The zero-order valence-corrected chi connectivity index (χ0v) is 15.6. The number of carboxylic acids is 1. The normalized spacial score (nSPS) is 19.4. The van der Waals surface area contributed by atoms with Crippen molar-refractivity contribution in [3.05, 3.63) is 42.2 Å². The Bertz CT molecular complexity index is 1100. The monoisotopic (exact) mass is 397 g/mol. The van der Waals surface area contributed by atoms with Crippen molar-refractivity contribution in [1.82, 2.24) is 19.3 Å². The number of carboxylic acid groups (broad SMARTS) is 1. The van der Waals surface area contributed by atoms with Gasteiger partial charge in [0.05, 0.1) is 12.2 Å². The first-order valence-electron chi connectivity index (χ1n) is 9.14. The number of aromatic nitrogens is 3. The summed E-state index contributed by atoms with van der Waals surface area (Å²) in [5.74, 6) is -2.30. The van der Waals surface area contributed by atoms with Gasteiger partial charge in [-0.15, -0.1) is 0 Å². The minimum absolute atomic E-state index is 0.0671. The molecule has 0 saturated carbocycles. The summed E-state index contributed by atoms with van der Waals surface area (Å²) in [6.07, 6.45) is 3.88. The molecule has 3 aromatic rings. The fourth-order valence-electron chi connectivity index (χ4n) is 3.77. The molecule has 0 aromatic carbocycles. The van der Waals surface area contributed by atoms with Crippen molar-refractivity contribution in [2.24, 2.45) is 11.7 Å². The average Bonchev–Trinajstić information content (AvgIpc) is 3.36. The molecule has 4 rings (SSSR count). The van der Waals surface area contributed by atoms with Gasteiger partial charge >= 0.3 is 5.97 Å². The number of hydrogen-bond donors (Lipinski definition) is 2. The predicted octanol–water partition coefficient (Wildman–Crippen LogP) is 1.41. The first-order chi connectivity index (χ1) is 13.9. The van der Waals surface area contributed by atoms with Gasteiger partial charge < -0.3 is 20.2 Å². The Balaban J connectivity index is 1.85. The molecule has 150 valence electrons. The second-order valence-electron chi connectivity index (χ2n) is 6.98. The number of aliphatic carboxylic acids is 1. The van der Waals surface area contributed by atoms with Gasteiger partial charge in [-0.2, -0.15) is 0 Å². The Morgan fingerprint density at radius 3 is 2.79 bits per heavy atom. The molecule has 10 nitrogen and oxygen atoms in total. The molecule has 2 atom stereocenters. The average molecular weight is 397 g/mol. The second kappa shape index (κ2) is 7.04. The highest BCUT2D eigenvalue weighted by atomic mass is 16.4. The third-order valence-electron chi connectivity index (χ3n) is 5.29. The van der Waals surface area contributed by atoms with E-state index in [1.165, 1.54) is 28.0 Å². The molecular weight excluding hydrogens is 378 g/mol. The smallest absolute Gasteiger partial charge is 0.308 e. The van der Waals surface area contributed by atoms with Crippen molar-refractivity contribution in [1.29, 1.82) is 0 Å². The van der Waals surface area contributed by atoms with Crippen LogP contribution in [0.5, 0.6) is 0 Å². The number of likely N-dealkylation sites (tertiary alicyclic amines) is 1. The molecule has 0 spiro atoms. The topological polar surface area (TPSA) is 144 Å². The fraction of sp³-hybridized carbons (Fsp3) is 0.316. The van der Waals surface area contributed by atoms with E-state index in [9.17, 15) is 19.5 Å². The molecule has 1 fully saturated rings. The van der Waals surface area contributed by atoms with Crippen LogP contribution in [-0.2, 0) is 4.79 Å². The van der Waals surface area contributed by atoms with E-state index in [0.29, 0.717) is 30.8 Å². The molecule has 0 unspecified atom stereocenters. The second-order valence-corrected chi connectivity index (χ2v) is 6.98. The molecule has 1 aliphatic heterocycles. The maximum atomic E-state index is 13.4. The lowest BCUT2D eigenvalue weighted by Gasteiger charge is -2.37. The fourth-order valence-corrected chi connectivity index (χ4v) is 3.77. The lowest BCUT2D eigenvalue weighted by molar-refractivity contribution is -0.145. The number of carbonyl (C=O) groups excluding carboxylic acids is 2. The number of carbonyl (C=O) groups is 3. The molecule has 0 aliphatic carbocycles. The van der Waals surface area contributed by atoms with Crippen LogP contribution >= 0.6 is 0 Å². The number of amides is 2. The number of hydrogen-bond acceptors (Lipinski definition) is 6. The van der Waals surface area contributed by atoms with Gasteiger partial charge in [0.25, 0.3) is 11.8 Å². The van der Waals surface area contributed by atoms with Crippen LogP contribution in [0.4, 0.5) is 0 Å². The molecule has 29 heavy (non-hydrogen) atoms. The maximum absolute atomic E-state index is 13.4. The zero-order chi connectivity index (χ0) is 20.7. The van der Waals surface area contributed by atoms with Crippen LogP contribution in [0.3, 0.4) is 0 Å². The van der Waals surface area contributed by atoms with E-state index in [-0.39, 0.29) is 22.9 Å². The molecule has 3 N–H and O–H groups in total. The summed E-state index contributed by atoms with van der Waals surface area (Å²) in [6.45, 7) is 2.16. The van der Waals surface area contributed by atoms with Gasteiger partial charge in [0.2, 0.25) is 0 Å². The van der Waals surface area contributed by atoms with E-state index in [1.807, 2.05) is 0 Å². The van der Waals surface area contributed by atoms with Gasteiger partial charge in [0.15, 0.2) is 17.1 Å². The van der Waals surface area contributed by atoms with Crippen molar-refractivity contribution < 1.29 is 23.9 Å². The Labute approximate surface area is 164 Å². The first kappa shape index (κ1) is 18.7. The SMILES string of the molecule is C[C@@H]1[C@H](C(=O)O)CCCN1C(=O)c1cc(-c2ccco2)nc2c(C(N)=O)ncn12. The van der Waals surface area contributed by atoms with Crippen LogP contribution in [-0.4, -0.2) is 54.7 Å². The molecule has 4 heterocycles. The summed E-state index contributed by atoms with van der Waals surface area (Å²) >= 11 is 0. The molecule has 0 bridgehead atoms. The minimum atomic E-state index is -0.926. The van der Waals surface area contributed by atoms with Gasteiger partial charge in [-0.05, 0) is 38.0 Å². The summed E-state index contributed by atoms with van der Waals surface area (Å²) in [6, 6.07) is 4.41. The summed E-state index contributed by atoms with van der Waals surface area (Å²) in [5, 5.41) is 9.46. The van der Waals surface area contributed by atoms with Crippen LogP contribution in [0.15, 0.2) is 35.2 Å². The standard InChI is InChI=1S/C19H19N5O5/c1-10-11(19(27)28)4-2-6-23(10)18(26)13-8-12(14-5-3-7-29-14)22-17-15(16(20)25)21-9-24(13)17/h3,5,7-11H,2,4,6H2,1H3,(H2,20,25)(H,27,28)/t10-,11-/m1/s1. The lowest BCUT2D eigenvalue weighted by atomic mass is 9.90. The van der Waals surface area contributed by atoms with Crippen molar-refractivity contribution in [3.63, 3.8) is 0 Å². The number of nitrogens with two attached hydrogens (primary N) is 1. The summed E-state index contributed by atoms with van der Waals surface area (Å²) < 4.78 is 6.78. The van der Waals surface area contributed by atoms with Crippen molar-refractivity contribution in [2.45, 2.75) is 25.8 Å². The maximum Gasteiger partial charge on any atom is 0.308 e. The summed E-state index contributed by atoms with van der Waals surface area (Å²) in [4.78, 5) is 46.6. The zero-order valence-electron chi connectivity index (χ0n) is 15.6. The highest BCUT2D eigenvalue weighted by Crippen LogP contribution is 2.27. The lowest BCUT2D eigenvalue weighted by Crippen LogP contribution is -2.49. The van der Waals surface area contributed by atoms with E-state index in [0.717, 1.165) is 0 Å². The third kappa shape index (κ3) is 3.12. The molecule has 1 saturated heterocycles. The van der Waals surface area contributed by atoms with Gasteiger partial charge in [0, 0.05) is 12.6 Å². The van der Waals surface area contributed by atoms with Crippen LogP contribution in [0.1, 0.15) is 40.7 Å². The van der Waals surface area contributed by atoms with Gasteiger partial charge in [0.1, 0.15) is 17.7 Å². The Morgan fingerprint density at radius 2 is 2.14 bits per heavy atom. The van der Waals surface area contributed by atoms with Gasteiger partial charge in [-0.25, -0.2) is 9.97 Å². The van der Waals surface area contributed by atoms with Crippen LogP contribution in [0.2, 0.25) is 0 Å². The van der Waals surface area contributed by atoms with E-state index >= 15 is 0 Å². The van der Waals surface area contributed by atoms with Crippen LogP contribution in [0, 0.1) is 5.92 Å². The Hall–Kier alpha value is -3.69. The molecule has 10 heteroatoms. The number of furan rings is 1. The first-order valence-corrected chi connectivity index (χ1v) is 9.14. The quantitative estimate of drug-likeness (QED) is 0.677. The highest BCUT2D eigenvalue weighted by molar-refractivity contribution is 5.99. The van der Waals surface area contributed by atoms with E-state index in [2.05, 4.69) is 9.97 Å². The van der Waals surface area contributed by atoms with E-state index in [1.54, 1.807) is 19.1 Å². The van der Waals surface area contributed by atoms with Gasteiger partial charge in [-0.1, -0.05) is 0 Å². The number of primary amides is 1. The summed E-state index contributed by atoms with van der Waals surface area (Å²) in [5.41, 5.74) is 6.00. The van der Waals surface area contributed by atoms with Crippen molar-refractivity contribution in [2.75, 3.05) is 6.54 Å². The van der Waals surface area contributed by atoms with Crippen LogP contribution in [0.25, 0.3) is 17.1 Å². The minimum Gasteiger partial charge on any atom is -0.481 e. The number of nitrogens with zero attached hydrogens (tertiary/aromatic N) is 4. The molecule has 1 aliphatic rings. The van der Waals surface area contributed by atoms with E-state index < -0.39 is 23.8 Å². The molecular formula is C19H19N5O5. The highest BCUT2D eigenvalue weighted by Gasteiger charge is 2.36. The van der Waals surface area contributed by atoms with Crippen molar-refractivity contribution >= 4 is 23.4 Å². The van der Waals surface area contributed by atoms with Crippen molar-refractivity contribution in [3.8, 4) is 11.5 Å². The molecule has 0 radical (unpaired) electrons. The number of rotatable bonds is 4. The Kier molecular flexibility index (Phi) is 4.53. The third-order valence-corrected chi connectivity index (χ3v) is 5.29. The van der Waals surface area contributed by atoms with E-state index in [4.69, 9.17) is 10.2 Å². The largest absolute Gasteiger partial charge is 0.481 e.